The van der Waals surface area contributed by atoms with Crippen LogP contribution in [0.2, 0.25) is 0 Å². The summed E-state index contributed by atoms with van der Waals surface area (Å²) in [6.07, 6.45) is 4.91. The van der Waals surface area contributed by atoms with E-state index < -0.39 is 0 Å². The number of amides is 1. The number of thiazole rings is 1. The van der Waals surface area contributed by atoms with Gasteiger partial charge in [-0.25, -0.2) is 4.98 Å². The highest BCUT2D eigenvalue weighted by atomic mass is 32.1. The molecule has 1 aliphatic carbocycles. The third-order valence-electron chi connectivity index (χ3n) is 5.55. The number of hydrogen-bond acceptors (Lipinski definition) is 7. The predicted octanol–water partition coefficient (Wildman–Crippen LogP) is 3.09. The minimum Gasteiger partial charge on any atom is -0.364 e. The molecule has 1 atom stereocenters. The Morgan fingerprint density at radius 2 is 2.15 bits per heavy atom. The second kappa shape index (κ2) is 6.30. The molecular weight excluding hydrogens is 364 g/mol. The molecule has 0 fully saturated rings. The third-order valence-corrected chi connectivity index (χ3v) is 6.73. The van der Waals surface area contributed by atoms with E-state index in [0.29, 0.717) is 19.5 Å². The highest BCUT2D eigenvalue weighted by molar-refractivity contribution is 7.15. The summed E-state index contributed by atoms with van der Waals surface area (Å²) in [7, 11) is 0. The third kappa shape index (κ3) is 2.79. The minimum absolute atomic E-state index is 0.00136. The highest BCUT2D eigenvalue weighted by Crippen LogP contribution is 2.37. The summed E-state index contributed by atoms with van der Waals surface area (Å²) in [5.74, 6) is 1.02. The van der Waals surface area contributed by atoms with E-state index in [0.717, 1.165) is 58.2 Å². The van der Waals surface area contributed by atoms with Crippen LogP contribution in [-0.2, 0) is 30.6 Å². The van der Waals surface area contributed by atoms with Gasteiger partial charge in [0, 0.05) is 35.7 Å². The van der Waals surface area contributed by atoms with Crippen LogP contribution in [0.5, 0.6) is 0 Å². The number of fused-ring (bicyclic) bond motifs is 2. The van der Waals surface area contributed by atoms with Crippen LogP contribution >= 0.6 is 11.3 Å². The molecule has 0 saturated heterocycles. The lowest BCUT2D eigenvalue weighted by atomic mass is 9.89. The molecule has 1 unspecified atom stereocenters. The second-order valence-electron chi connectivity index (χ2n) is 7.32. The molecular formula is C19H20N4O3S. The zero-order chi connectivity index (χ0) is 18.5. The number of rotatable bonds is 2. The van der Waals surface area contributed by atoms with Gasteiger partial charge in [0.25, 0.3) is 0 Å². The first-order valence-electron chi connectivity index (χ1n) is 9.23. The quantitative estimate of drug-likeness (QED) is 0.675. The van der Waals surface area contributed by atoms with Crippen molar-refractivity contribution in [3.05, 3.63) is 39.5 Å². The molecule has 0 spiro atoms. The zero-order valence-corrected chi connectivity index (χ0v) is 16.1. The van der Waals surface area contributed by atoms with Crippen molar-refractivity contribution in [1.29, 1.82) is 0 Å². The van der Waals surface area contributed by atoms with E-state index in [2.05, 4.69) is 10.3 Å². The van der Waals surface area contributed by atoms with E-state index in [1.54, 1.807) is 17.6 Å². The van der Waals surface area contributed by atoms with Crippen LogP contribution in [0.4, 0.5) is 0 Å². The smallest absolute Gasteiger partial charge is 0.226 e. The van der Waals surface area contributed by atoms with Gasteiger partial charge < -0.3 is 13.9 Å². The number of hydrogen-bond donors (Lipinski definition) is 0. The fourth-order valence-electron chi connectivity index (χ4n) is 4.07. The molecule has 0 saturated carbocycles. The average molecular weight is 384 g/mol. The summed E-state index contributed by atoms with van der Waals surface area (Å²) in [5.41, 5.74) is 4.92. The molecule has 1 aliphatic heterocycles. The van der Waals surface area contributed by atoms with E-state index in [9.17, 15) is 4.79 Å². The Morgan fingerprint density at radius 1 is 1.26 bits per heavy atom. The number of nitrogens with zero attached hydrogens (tertiary/aromatic N) is 4. The van der Waals surface area contributed by atoms with Crippen LogP contribution < -0.4 is 0 Å². The molecule has 0 aromatic carbocycles. The molecule has 1 amide bonds. The Labute approximate surface area is 160 Å². The van der Waals surface area contributed by atoms with Crippen molar-refractivity contribution in [1.82, 2.24) is 20.2 Å². The van der Waals surface area contributed by atoms with Gasteiger partial charge in [-0.2, -0.15) is 0 Å². The van der Waals surface area contributed by atoms with Crippen LogP contribution in [0.25, 0.3) is 10.6 Å². The molecule has 0 N–H and O–H groups in total. The summed E-state index contributed by atoms with van der Waals surface area (Å²) in [6, 6.07) is 0. The molecule has 27 heavy (non-hydrogen) atoms. The van der Waals surface area contributed by atoms with Crippen LogP contribution in [0, 0.1) is 19.8 Å². The van der Waals surface area contributed by atoms with Gasteiger partial charge in [0.2, 0.25) is 5.91 Å². The van der Waals surface area contributed by atoms with E-state index in [4.69, 9.17) is 14.0 Å². The number of carbonyl (C=O) groups is 1. The number of aryl methyl sites for hydroxylation is 3. The van der Waals surface area contributed by atoms with Crippen molar-refractivity contribution in [2.45, 2.75) is 46.1 Å². The zero-order valence-electron chi connectivity index (χ0n) is 15.3. The number of aromatic nitrogens is 3. The largest absolute Gasteiger partial charge is 0.364 e. The van der Waals surface area contributed by atoms with E-state index >= 15 is 0 Å². The van der Waals surface area contributed by atoms with Gasteiger partial charge in [0.15, 0.2) is 0 Å². The average Bonchev–Trinajstić information content (AvgIpc) is 3.37. The van der Waals surface area contributed by atoms with Crippen LogP contribution in [-0.4, -0.2) is 32.6 Å². The summed E-state index contributed by atoms with van der Waals surface area (Å²) >= 11 is 1.71. The minimum atomic E-state index is -0.00136. The summed E-state index contributed by atoms with van der Waals surface area (Å²) in [4.78, 5) is 21.1. The van der Waals surface area contributed by atoms with Gasteiger partial charge in [-0.1, -0.05) is 10.3 Å². The second-order valence-corrected chi connectivity index (χ2v) is 8.41. The Kier molecular flexibility index (Phi) is 3.89. The fourth-order valence-corrected chi connectivity index (χ4v) is 5.32. The molecule has 4 heterocycles. The predicted molar refractivity (Wildman–Crippen MR) is 98.2 cm³/mol. The van der Waals surface area contributed by atoms with Crippen molar-refractivity contribution in [2.75, 3.05) is 6.54 Å². The monoisotopic (exact) mass is 384 g/mol. The molecule has 0 bridgehead atoms. The van der Waals surface area contributed by atoms with Crippen molar-refractivity contribution >= 4 is 17.2 Å². The first-order valence-corrected chi connectivity index (χ1v) is 10.0. The Morgan fingerprint density at radius 3 is 2.96 bits per heavy atom. The molecule has 3 aromatic heterocycles. The van der Waals surface area contributed by atoms with Gasteiger partial charge in [-0.05, 0) is 26.7 Å². The SMILES string of the molecule is Cc1noc(C)c1-c1nc2c(s1)CCC(C(=O)N1CCc3nocc3C1)C2. The van der Waals surface area contributed by atoms with Gasteiger partial charge in [0.05, 0.1) is 29.2 Å². The Hall–Kier alpha value is -2.48. The standard InChI is InChI=1S/C19H20N4O3S/c1-10-17(11(2)26-21-10)18-20-15-7-12(3-4-16(15)27-18)19(24)23-6-5-14-13(8-23)9-25-22-14/h9,12H,3-8H2,1-2H3. The van der Waals surface area contributed by atoms with Gasteiger partial charge in [0.1, 0.15) is 17.0 Å². The normalized spacial score (nSPS) is 19.0. The molecule has 5 rings (SSSR count). The highest BCUT2D eigenvalue weighted by Gasteiger charge is 2.33. The first-order chi connectivity index (χ1) is 13.1. The Balaban J connectivity index is 1.35. The maximum Gasteiger partial charge on any atom is 0.226 e. The van der Waals surface area contributed by atoms with Crippen LogP contribution in [0.3, 0.4) is 0 Å². The molecule has 2 aliphatic rings. The molecule has 7 nitrogen and oxygen atoms in total. The lowest BCUT2D eigenvalue weighted by molar-refractivity contribution is -0.136. The number of carbonyl (C=O) groups excluding carboxylic acids is 1. The summed E-state index contributed by atoms with van der Waals surface area (Å²) in [6.45, 7) is 5.16. The van der Waals surface area contributed by atoms with Crippen LogP contribution in [0.15, 0.2) is 15.3 Å². The lowest BCUT2D eigenvalue weighted by Crippen LogP contribution is -2.41. The molecule has 3 aromatic rings. The Bertz CT molecular complexity index is 999. The van der Waals surface area contributed by atoms with E-state index in [-0.39, 0.29) is 11.8 Å². The van der Waals surface area contributed by atoms with Crippen molar-refractivity contribution in [2.24, 2.45) is 5.92 Å². The maximum atomic E-state index is 13.1. The van der Waals surface area contributed by atoms with Crippen LogP contribution in [0.1, 0.15) is 39.7 Å². The maximum absolute atomic E-state index is 13.1. The van der Waals surface area contributed by atoms with Gasteiger partial charge in [-0.3, -0.25) is 4.79 Å². The molecule has 0 radical (unpaired) electrons. The van der Waals surface area contributed by atoms with Gasteiger partial charge >= 0.3 is 0 Å². The van der Waals surface area contributed by atoms with E-state index in [1.807, 2.05) is 18.7 Å². The first kappa shape index (κ1) is 16.7. The van der Waals surface area contributed by atoms with Crippen molar-refractivity contribution < 1.29 is 13.8 Å². The van der Waals surface area contributed by atoms with Gasteiger partial charge in [-0.15, -0.1) is 11.3 Å². The van der Waals surface area contributed by atoms with Crippen molar-refractivity contribution in [3.8, 4) is 10.6 Å². The molecule has 8 heteroatoms. The lowest BCUT2D eigenvalue weighted by Gasteiger charge is -2.31. The fraction of sp³-hybridized carbons (Fsp3) is 0.474. The topological polar surface area (TPSA) is 85.3 Å². The van der Waals surface area contributed by atoms with E-state index in [1.165, 1.54) is 4.88 Å². The summed E-state index contributed by atoms with van der Waals surface area (Å²) < 4.78 is 10.3. The molecule has 140 valence electrons. The van der Waals surface area contributed by atoms with Crippen molar-refractivity contribution in [3.63, 3.8) is 0 Å². The summed E-state index contributed by atoms with van der Waals surface area (Å²) in [5, 5.41) is 8.99.